The second-order valence-corrected chi connectivity index (χ2v) is 20.7. The van der Waals surface area contributed by atoms with Crippen LogP contribution in [-0.2, 0) is 10.8 Å². The van der Waals surface area contributed by atoms with Gasteiger partial charge in [0.15, 0.2) is 0 Å². The lowest BCUT2D eigenvalue weighted by molar-refractivity contribution is 0.483. The molecule has 0 spiro atoms. The minimum atomic E-state index is -0.155. The highest BCUT2D eigenvalue weighted by atomic mass is 32.1. The van der Waals surface area contributed by atoms with Crippen molar-refractivity contribution in [2.24, 2.45) is 0 Å². The first kappa shape index (κ1) is 39.7. The van der Waals surface area contributed by atoms with E-state index in [9.17, 15) is 0 Å². The lowest BCUT2D eigenvalue weighted by atomic mass is 9.82. The number of fused-ring (bicyclic) bond motifs is 10. The summed E-state index contributed by atoms with van der Waals surface area (Å²) < 4.78 is 11.7. The first-order valence-corrected chi connectivity index (χ1v) is 24.0. The third-order valence-corrected chi connectivity index (χ3v) is 15.5. The molecule has 0 amide bonds. The van der Waals surface area contributed by atoms with Gasteiger partial charge in [0.25, 0.3) is 0 Å². The molecule has 0 radical (unpaired) electrons. The van der Waals surface area contributed by atoms with Crippen LogP contribution in [0.5, 0.6) is 11.5 Å². The van der Waals surface area contributed by atoms with Crippen molar-refractivity contribution in [1.29, 1.82) is 0 Å². The molecule has 0 saturated carbocycles. The second kappa shape index (κ2) is 14.7. The first-order valence-electron chi connectivity index (χ1n) is 23.2. The van der Waals surface area contributed by atoms with Crippen LogP contribution in [0.15, 0.2) is 188 Å². The van der Waals surface area contributed by atoms with Crippen LogP contribution in [-0.4, -0.2) is 16.2 Å². The fourth-order valence-corrected chi connectivity index (χ4v) is 12.2. The summed E-state index contributed by atoms with van der Waals surface area (Å²) in [5, 5.41) is 4.96. The van der Waals surface area contributed by atoms with Crippen LogP contribution >= 0.6 is 11.3 Å². The van der Waals surface area contributed by atoms with Crippen LogP contribution in [0.1, 0.15) is 51.3 Å². The number of anilines is 4. The number of hydrogen-bond donors (Lipinski definition) is 0. The Morgan fingerprint density at radius 3 is 2.12 bits per heavy atom. The van der Waals surface area contributed by atoms with E-state index >= 15 is 0 Å². The Labute approximate surface area is 394 Å². The van der Waals surface area contributed by atoms with Crippen molar-refractivity contribution in [2.75, 3.05) is 16.5 Å². The number of nitrogens with zero attached hydrogens (tertiary/aromatic N) is 4. The topological polar surface area (TPSA) is 33.5 Å². The number of thiophene rings is 1. The summed E-state index contributed by atoms with van der Waals surface area (Å²) in [6.07, 6.45) is 1.93. The monoisotopic (exact) mass is 884 g/mol. The van der Waals surface area contributed by atoms with Gasteiger partial charge in [-0.3, -0.25) is 4.57 Å². The highest BCUT2D eigenvalue weighted by Gasteiger charge is 2.41. The quantitative estimate of drug-likeness (QED) is 0.167. The Bertz CT molecular complexity index is 3810. The van der Waals surface area contributed by atoms with Gasteiger partial charge in [-0.1, -0.05) is 144 Å². The molecule has 0 bridgehead atoms. The number of aromatic nitrogens is 2. The van der Waals surface area contributed by atoms with Crippen LogP contribution in [0.4, 0.5) is 22.7 Å². The van der Waals surface area contributed by atoms with Gasteiger partial charge in [-0.2, -0.15) is 0 Å². The van der Waals surface area contributed by atoms with Crippen molar-refractivity contribution in [3.63, 3.8) is 0 Å². The fourth-order valence-electron chi connectivity index (χ4n) is 11.0. The highest BCUT2D eigenvalue weighted by molar-refractivity contribution is 7.26. The minimum absolute atomic E-state index is 0.0112. The van der Waals surface area contributed by atoms with E-state index in [1.807, 2.05) is 17.5 Å². The minimum Gasteiger partial charge on any atom is -0.457 e. The molecule has 6 heteroatoms. The Morgan fingerprint density at radius 2 is 1.25 bits per heavy atom. The fraction of sp³-hybridized carbons (Fsp3) is 0.131. The largest absolute Gasteiger partial charge is 0.457 e. The molecular formula is C61H48N4OS. The molecule has 0 N–H and O–H groups in total. The summed E-state index contributed by atoms with van der Waals surface area (Å²) in [6, 6.07) is 66.3. The van der Waals surface area contributed by atoms with E-state index in [4.69, 9.17) is 9.72 Å². The lowest BCUT2D eigenvalue weighted by Gasteiger charge is -2.28. The van der Waals surface area contributed by atoms with Gasteiger partial charge in [-0.05, 0) is 88.3 Å². The molecule has 1 aliphatic carbocycles. The summed E-state index contributed by atoms with van der Waals surface area (Å²) >= 11 is 1.89. The second-order valence-electron chi connectivity index (χ2n) is 19.6. The Balaban J connectivity index is 0.925. The number of benzene rings is 8. The maximum Gasteiger partial charge on any atom is 0.137 e. The van der Waals surface area contributed by atoms with Crippen molar-refractivity contribution in [3.8, 4) is 39.6 Å². The smallest absolute Gasteiger partial charge is 0.137 e. The summed E-state index contributed by atoms with van der Waals surface area (Å²) in [5.41, 5.74) is 15.7. The standard InChI is InChI=1S/C61H48N4OS/c1-60(2,3)38-32-33-62-56(34-38)65-51-24-10-7-18-42(51)43-29-28-41(36-54(43)65)66-40-17-14-16-39(35-40)63-37-64(53-26-12-11-25-52(53)63)58-45(30-31-50-57(58)48-20-6-9-23-49(48)61(50,4)5)47-22-15-21-46-44-19-8-13-27-55(44)67-59(46)47/h6-36H,37H2,1-5H3. The number of pyridine rings is 1. The van der Waals surface area contributed by atoms with Crippen LogP contribution < -0.4 is 14.5 Å². The number of para-hydroxylation sites is 3. The molecule has 1 aliphatic heterocycles. The molecule has 13 rings (SSSR count). The maximum atomic E-state index is 6.84. The Kier molecular flexibility index (Phi) is 8.69. The molecular weight excluding hydrogens is 837 g/mol. The van der Waals surface area contributed by atoms with Gasteiger partial charge >= 0.3 is 0 Å². The van der Waals surface area contributed by atoms with E-state index in [0.717, 1.165) is 45.1 Å². The van der Waals surface area contributed by atoms with Gasteiger partial charge in [-0.15, -0.1) is 11.3 Å². The van der Waals surface area contributed by atoms with Gasteiger partial charge in [0, 0.05) is 77.1 Å². The number of ether oxygens (including phenoxy) is 1. The molecule has 4 heterocycles. The molecule has 3 aromatic heterocycles. The van der Waals surface area contributed by atoms with Gasteiger partial charge in [-0.25, -0.2) is 4.98 Å². The van der Waals surface area contributed by atoms with E-state index in [1.54, 1.807) is 0 Å². The van der Waals surface area contributed by atoms with Crippen LogP contribution in [0.3, 0.4) is 0 Å². The SMILES string of the molecule is CC(C)(C)c1ccnc(-n2c3ccccc3c3ccc(Oc4cccc(N5CN(c6c(-c7cccc8c7sc7ccccc78)ccc7c6-c6ccccc6C7(C)C)c6ccccc65)c4)cc32)c1. The average molecular weight is 885 g/mol. The summed E-state index contributed by atoms with van der Waals surface area (Å²) in [6.45, 7) is 12.1. The van der Waals surface area contributed by atoms with Crippen molar-refractivity contribution in [3.05, 3.63) is 205 Å². The normalized spacial score (nSPS) is 14.0. The molecule has 0 unspecified atom stereocenters. The predicted molar refractivity (Wildman–Crippen MR) is 282 cm³/mol. The van der Waals surface area contributed by atoms with Crippen molar-refractivity contribution < 1.29 is 4.74 Å². The molecule has 0 atom stereocenters. The first-order chi connectivity index (χ1) is 32.6. The van der Waals surface area contributed by atoms with Gasteiger partial charge in [0.1, 0.15) is 24.0 Å². The third-order valence-electron chi connectivity index (χ3n) is 14.3. The zero-order valence-corrected chi connectivity index (χ0v) is 39.0. The summed E-state index contributed by atoms with van der Waals surface area (Å²) in [7, 11) is 0. The molecule has 5 nitrogen and oxygen atoms in total. The predicted octanol–water partition coefficient (Wildman–Crippen LogP) is 16.9. The Morgan fingerprint density at radius 1 is 0.552 bits per heavy atom. The maximum absolute atomic E-state index is 6.84. The molecule has 11 aromatic rings. The van der Waals surface area contributed by atoms with E-state index < -0.39 is 0 Å². The van der Waals surface area contributed by atoms with Gasteiger partial charge < -0.3 is 14.5 Å². The molecule has 2 aliphatic rings. The Hall–Kier alpha value is -7.67. The molecule has 324 valence electrons. The van der Waals surface area contributed by atoms with Crippen LogP contribution in [0.25, 0.3) is 70.0 Å². The average Bonchev–Trinajstić information content (AvgIpc) is 4.08. The van der Waals surface area contributed by atoms with Crippen molar-refractivity contribution >= 4 is 76.1 Å². The van der Waals surface area contributed by atoms with E-state index in [0.29, 0.717) is 6.67 Å². The van der Waals surface area contributed by atoms with Crippen LogP contribution in [0.2, 0.25) is 0 Å². The van der Waals surface area contributed by atoms with E-state index in [-0.39, 0.29) is 10.8 Å². The molecule has 67 heavy (non-hydrogen) atoms. The zero-order chi connectivity index (χ0) is 45.2. The van der Waals surface area contributed by atoms with Crippen molar-refractivity contribution in [2.45, 2.75) is 45.4 Å². The molecule has 0 fully saturated rings. The zero-order valence-electron chi connectivity index (χ0n) is 38.2. The molecule has 8 aromatic carbocycles. The number of hydrogen-bond acceptors (Lipinski definition) is 5. The van der Waals surface area contributed by atoms with Crippen LogP contribution in [0, 0.1) is 0 Å². The van der Waals surface area contributed by atoms with Gasteiger partial charge in [0.2, 0.25) is 0 Å². The highest BCUT2D eigenvalue weighted by Crippen LogP contribution is 2.58. The molecule has 0 saturated heterocycles. The van der Waals surface area contributed by atoms with E-state index in [1.165, 1.54) is 75.9 Å². The van der Waals surface area contributed by atoms with E-state index in [2.05, 4.69) is 231 Å². The summed E-state index contributed by atoms with van der Waals surface area (Å²) in [5.74, 6) is 2.44. The third kappa shape index (κ3) is 6.09. The van der Waals surface area contributed by atoms with Crippen molar-refractivity contribution in [1.82, 2.24) is 9.55 Å². The van der Waals surface area contributed by atoms with Gasteiger partial charge in [0.05, 0.1) is 28.1 Å². The summed E-state index contributed by atoms with van der Waals surface area (Å²) in [4.78, 5) is 9.91. The number of rotatable bonds is 6. The lowest BCUT2D eigenvalue weighted by Crippen LogP contribution is -2.25.